The predicted molar refractivity (Wildman–Crippen MR) is 197 cm³/mol. The molecule has 6 aromatic rings. The van der Waals surface area contributed by atoms with Gasteiger partial charge in [-0.3, -0.25) is 28.8 Å². The number of carbonyl (C=O) groups excluding carboxylic acids is 2. The summed E-state index contributed by atoms with van der Waals surface area (Å²) < 4.78 is 68.2. The molecule has 1 saturated carbocycles. The monoisotopic (exact) mass is 785 g/mol. The quantitative estimate of drug-likeness (QED) is 0.183. The van der Waals surface area contributed by atoms with E-state index in [4.69, 9.17) is 4.74 Å². The molecule has 0 unspecified atom stereocenters. The molecule has 0 bridgehead atoms. The van der Waals surface area contributed by atoms with Gasteiger partial charge < -0.3 is 10.1 Å². The summed E-state index contributed by atoms with van der Waals surface area (Å²) in [5.74, 6) is -4.54. The Morgan fingerprint density at radius 1 is 0.946 bits per heavy atom. The van der Waals surface area contributed by atoms with Gasteiger partial charge in [0.05, 0.1) is 63.2 Å². The van der Waals surface area contributed by atoms with Crippen molar-refractivity contribution in [1.29, 1.82) is 0 Å². The molecule has 2 aromatic carbocycles. The zero-order valence-electron chi connectivity index (χ0n) is 29.6. The molecule has 16 nitrogen and oxygen atoms in total. The average molecular weight is 786 g/mol. The van der Waals surface area contributed by atoms with Crippen LogP contribution in [0.4, 0.5) is 14.5 Å². The number of anilines is 1. The molecule has 0 spiro atoms. The highest BCUT2D eigenvalue weighted by Gasteiger charge is 2.29. The number of carbonyl (C=O) groups is 2. The predicted octanol–water partition coefficient (Wildman–Crippen LogP) is 3.36. The van der Waals surface area contributed by atoms with E-state index in [2.05, 4.69) is 25.6 Å². The van der Waals surface area contributed by atoms with Crippen LogP contribution in [0.25, 0.3) is 22.3 Å². The molecular formula is C37H33F2N9O7S. The van der Waals surface area contributed by atoms with Crippen molar-refractivity contribution in [2.24, 2.45) is 7.05 Å². The maximum absolute atomic E-state index is 15.5. The number of nitrogens with zero attached hydrogens (tertiary/aromatic N) is 7. The summed E-state index contributed by atoms with van der Waals surface area (Å²) in [6.45, 7) is 0. The second-order valence-corrected chi connectivity index (χ2v) is 14.8. The van der Waals surface area contributed by atoms with Gasteiger partial charge in [-0.1, -0.05) is 11.6 Å². The Labute approximate surface area is 316 Å². The number of aromatic nitrogens is 7. The Balaban J connectivity index is 1.11. The molecule has 0 saturated heterocycles. The second kappa shape index (κ2) is 15.6. The first-order valence-electron chi connectivity index (χ1n) is 17.4. The number of esters is 1. The van der Waals surface area contributed by atoms with Gasteiger partial charge in [0.15, 0.2) is 0 Å². The van der Waals surface area contributed by atoms with E-state index in [9.17, 15) is 27.6 Å². The van der Waals surface area contributed by atoms with Crippen LogP contribution in [0.15, 0.2) is 100 Å². The largest absolute Gasteiger partial charge is 0.461 e. The van der Waals surface area contributed by atoms with Crippen molar-refractivity contribution in [1.82, 2.24) is 39.4 Å². The van der Waals surface area contributed by atoms with Crippen LogP contribution in [0, 0.1) is 11.6 Å². The maximum Gasteiger partial charge on any atom is 0.335 e. The number of benzene rings is 2. The zero-order chi connectivity index (χ0) is 39.6. The summed E-state index contributed by atoms with van der Waals surface area (Å²) in [7, 11) is -2.90. The van der Waals surface area contributed by atoms with Crippen LogP contribution in [-0.2, 0) is 33.0 Å². The van der Waals surface area contributed by atoms with E-state index in [1.165, 1.54) is 83.5 Å². The summed E-state index contributed by atoms with van der Waals surface area (Å²) in [6.07, 6.45) is 10.3. The minimum Gasteiger partial charge on any atom is -0.461 e. The van der Waals surface area contributed by atoms with Crippen LogP contribution in [0.3, 0.4) is 0 Å². The van der Waals surface area contributed by atoms with Crippen LogP contribution in [-0.4, -0.2) is 66.5 Å². The van der Waals surface area contributed by atoms with Crippen molar-refractivity contribution in [3.8, 4) is 11.4 Å². The summed E-state index contributed by atoms with van der Waals surface area (Å²) >= 11 is 0. The Kier molecular flexibility index (Phi) is 10.5. The number of sulfonamides is 1. The second-order valence-electron chi connectivity index (χ2n) is 13.1. The number of amides is 1. The van der Waals surface area contributed by atoms with Gasteiger partial charge in [-0.2, -0.15) is 0 Å². The van der Waals surface area contributed by atoms with E-state index in [0.29, 0.717) is 36.2 Å². The van der Waals surface area contributed by atoms with Gasteiger partial charge in [0.2, 0.25) is 0 Å². The topological polar surface area (TPSA) is 202 Å². The van der Waals surface area contributed by atoms with Crippen LogP contribution >= 0.6 is 0 Å². The summed E-state index contributed by atoms with van der Waals surface area (Å²) in [5, 5.41) is 10.2. The Bertz CT molecular complexity index is 2660. The molecule has 4 aromatic heterocycles. The van der Waals surface area contributed by atoms with E-state index in [1.807, 2.05) is 4.72 Å². The van der Waals surface area contributed by atoms with Gasteiger partial charge in [-0.15, -0.1) is 5.10 Å². The highest BCUT2D eigenvalue weighted by atomic mass is 32.2. The number of nitrogens with one attached hydrogen (secondary N) is 2. The molecule has 56 heavy (non-hydrogen) atoms. The molecule has 1 aliphatic rings. The third-order valence-corrected chi connectivity index (χ3v) is 10.7. The van der Waals surface area contributed by atoms with E-state index in [1.54, 1.807) is 6.20 Å². The molecular weight excluding hydrogens is 753 g/mol. The number of rotatable bonds is 11. The fourth-order valence-electron chi connectivity index (χ4n) is 6.39. The number of hydrogen-bond acceptors (Lipinski definition) is 11. The lowest BCUT2D eigenvalue weighted by molar-refractivity contribution is -0.152. The molecule has 288 valence electrons. The van der Waals surface area contributed by atoms with Crippen molar-refractivity contribution < 1.29 is 31.5 Å². The van der Waals surface area contributed by atoms with Gasteiger partial charge in [0.25, 0.3) is 21.5 Å². The third-order valence-electron chi connectivity index (χ3n) is 9.36. The van der Waals surface area contributed by atoms with Gasteiger partial charge in [0, 0.05) is 31.4 Å². The molecule has 4 heterocycles. The Hall–Kier alpha value is -6.63. The molecule has 0 radical (unpaired) electrons. The fraction of sp³-hybridized carbons (Fsp3) is 0.243. The lowest BCUT2D eigenvalue weighted by Gasteiger charge is -2.25. The average Bonchev–Trinajstić information content (AvgIpc) is 3.74. The van der Waals surface area contributed by atoms with E-state index < -0.39 is 68.2 Å². The molecule has 1 atom stereocenters. The van der Waals surface area contributed by atoms with Gasteiger partial charge in [0.1, 0.15) is 23.8 Å². The molecule has 2 N–H and O–H groups in total. The number of ether oxygens (including phenoxy) is 1. The molecule has 1 amide bonds. The minimum atomic E-state index is -4.40. The van der Waals surface area contributed by atoms with Crippen molar-refractivity contribution in [2.75, 3.05) is 4.72 Å². The SMILES string of the molecule is Cn1c(=O)n(-c2ccc(C[C@H](NC(=O)c3cc(F)c(NS(=O)(=O)c4ccc(-n5ccnn5)cc4)cc3F)C(=O)OC3CCCCC3)nc2)c(=O)c2ccncc21. The third kappa shape index (κ3) is 7.79. The van der Waals surface area contributed by atoms with E-state index in [-0.39, 0.29) is 28.1 Å². The number of pyridine rings is 2. The lowest BCUT2D eigenvalue weighted by Crippen LogP contribution is -2.45. The summed E-state index contributed by atoms with van der Waals surface area (Å²) in [4.78, 5) is 61.4. The zero-order valence-corrected chi connectivity index (χ0v) is 30.4. The molecule has 1 aliphatic carbocycles. The van der Waals surface area contributed by atoms with Crippen molar-refractivity contribution in [2.45, 2.75) is 55.6 Å². The minimum absolute atomic E-state index is 0.139. The van der Waals surface area contributed by atoms with Crippen LogP contribution in [0.5, 0.6) is 0 Å². The van der Waals surface area contributed by atoms with Gasteiger partial charge in [-0.25, -0.2) is 36.0 Å². The van der Waals surface area contributed by atoms with Gasteiger partial charge >= 0.3 is 11.7 Å². The maximum atomic E-state index is 15.5. The number of fused-ring (bicyclic) bond motifs is 1. The first kappa shape index (κ1) is 37.7. The first-order valence-corrected chi connectivity index (χ1v) is 18.9. The first-order chi connectivity index (χ1) is 26.9. The molecule has 1 fully saturated rings. The standard InChI is InChI=1S/C37H33F2N9O7S/c1-46-33-21-40-14-13-27(33)35(50)48(37(46)52)24-8-7-22(41-20-24)17-32(36(51)55-25-5-3-2-4-6-25)43-34(49)28-18-30(39)31(19-29(28)38)44-56(53,54)26-11-9-23(10-12-26)47-16-15-42-45-47/h7-16,18-21,25,32,44H,2-6,17H2,1H3,(H,43,49)/t32-/m0/s1. The van der Waals surface area contributed by atoms with Crippen molar-refractivity contribution in [3.63, 3.8) is 0 Å². The lowest BCUT2D eigenvalue weighted by atomic mass is 9.97. The summed E-state index contributed by atoms with van der Waals surface area (Å²) in [6, 6.07) is 9.38. The Morgan fingerprint density at radius 3 is 2.39 bits per heavy atom. The van der Waals surface area contributed by atoms with E-state index >= 15 is 8.78 Å². The number of aryl methyl sites for hydroxylation is 1. The number of halogens is 2. The fourth-order valence-corrected chi connectivity index (χ4v) is 7.44. The molecule has 0 aliphatic heterocycles. The van der Waals surface area contributed by atoms with Crippen LogP contribution < -0.4 is 21.3 Å². The summed E-state index contributed by atoms with van der Waals surface area (Å²) in [5.41, 5.74) is -1.56. The molecule has 19 heteroatoms. The van der Waals surface area contributed by atoms with Crippen molar-refractivity contribution >= 4 is 38.5 Å². The van der Waals surface area contributed by atoms with Crippen molar-refractivity contribution in [3.05, 3.63) is 129 Å². The smallest absolute Gasteiger partial charge is 0.335 e. The van der Waals surface area contributed by atoms with Crippen LogP contribution in [0.1, 0.15) is 48.2 Å². The highest BCUT2D eigenvalue weighted by Crippen LogP contribution is 2.25. The van der Waals surface area contributed by atoms with Crippen LogP contribution in [0.2, 0.25) is 0 Å². The highest BCUT2D eigenvalue weighted by molar-refractivity contribution is 7.92. The molecule has 7 rings (SSSR count). The number of hydrogen-bond donors (Lipinski definition) is 2. The Morgan fingerprint density at radius 2 is 1.70 bits per heavy atom. The van der Waals surface area contributed by atoms with Gasteiger partial charge in [-0.05, 0) is 74.2 Å². The van der Waals surface area contributed by atoms with E-state index in [0.717, 1.165) is 23.8 Å². The normalized spacial score (nSPS) is 14.0.